The largest absolute Gasteiger partial charge is 0.454 e. The number of nitrogens with zero attached hydrogens (tertiary/aromatic N) is 5. The predicted octanol–water partition coefficient (Wildman–Crippen LogP) is 4.72. The minimum Gasteiger partial charge on any atom is -0.454 e. The van der Waals surface area contributed by atoms with E-state index in [0.29, 0.717) is 27.9 Å². The molecule has 1 atom stereocenters. The van der Waals surface area contributed by atoms with Gasteiger partial charge < -0.3 is 19.7 Å². The van der Waals surface area contributed by atoms with Gasteiger partial charge in [0.05, 0.1) is 0 Å². The summed E-state index contributed by atoms with van der Waals surface area (Å²) < 4.78 is 11.0. The number of aromatic nitrogens is 4. The second kappa shape index (κ2) is 11.6. The fourth-order valence-electron chi connectivity index (χ4n) is 4.46. The van der Waals surface area contributed by atoms with E-state index in [2.05, 4.69) is 20.7 Å². The summed E-state index contributed by atoms with van der Waals surface area (Å²) in [7, 11) is 0. The van der Waals surface area contributed by atoms with Crippen molar-refractivity contribution in [3.05, 3.63) is 88.4 Å². The second-order valence-electron chi connectivity index (χ2n) is 10.9. The topological polar surface area (TPSA) is 111 Å². The Morgan fingerprint density at radius 1 is 1.02 bits per heavy atom. The molecule has 0 saturated heterocycles. The lowest BCUT2D eigenvalue weighted by molar-refractivity contribution is -0.143. The van der Waals surface area contributed by atoms with Crippen molar-refractivity contribution in [1.29, 1.82) is 0 Å². The van der Waals surface area contributed by atoms with Gasteiger partial charge in [0, 0.05) is 22.7 Å². The average molecular weight is 575 g/mol. The van der Waals surface area contributed by atoms with Crippen LogP contribution in [0.1, 0.15) is 43.5 Å². The third kappa shape index (κ3) is 6.83. The van der Waals surface area contributed by atoms with Crippen molar-refractivity contribution < 1.29 is 19.1 Å². The Bertz CT molecular complexity index is 1550. The highest BCUT2D eigenvalue weighted by Crippen LogP contribution is 2.34. The number of halogens is 1. The number of hydrogen-bond acceptors (Lipinski definition) is 7. The fourth-order valence-corrected chi connectivity index (χ4v) is 4.58. The summed E-state index contributed by atoms with van der Waals surface area (Å²) in [6.45, 7) is 7.67. The van der Waals surface area contributed by atoms with Crippen LogP contribution in [0.3, 0.4) is 0 Å². The lowest BCUT2D eigenvalue weighted by atomic mass is 10.0. The molecule has 0 fully saturated rings. The van der Waals surface area contributed by atoms with E-state index in [0.717, 1.165) is 16.7 Å². The van der Waals surface area contributed by atoms with E-state index in [1.165, 1.54) is 9.70 Å². The van der Waals surface area contributed by atoms with Crippen molar-refractivity contribution in [2.45, 2.75) is 52.4 Å². The van der Waals surface area contributed by atoms with Gasteiger partial charge in [0.2, 0.25) is 24.4 Å². The van der Waals surface area contributed by atoms with Gasteiger partial charge >= 0.3 is 0 Å². The maximum atomic E-state index is 14.0. The first kappa shape index (κ1) is 28.1. The molecule has 10 nitrogen and oxygen atoms in total. The van der Waals surface area contributed by atoms with Gasteiger partial charge in [0.25, 0.3) is 0 Å². The van der Waals surface area contributed by atoms with Gasteiger partial charge in [-0.25, -0.2) is 0 Å². The van der Waals surface area contributed by atoms with Gasteiger partial charge in [-0.1, -0.05) is 59.6 Å². The molecule has 0 spiro atoms. The molecule has 0 aliphatic carbocycles. The molecule has 3 aromatic carbocycles. The van der Waals surface area contributed by atoms with E-state index < -0.39 is 11.6 Å². The van der Waals surface area contributed by atoms with Gasteiger partial charge in [0.1, 0.15) is 12.6 Å². The minimum absolute atomic E-state index is 0.111. The monoisotopic (exact) mass is 574 g/mol. The molecule has 2 amide bonds. The van der Waals surface area contributed by atoms with Crippen LogP contribution < -0.4 is 14.8 Å². The first-order valence-electron chi connectivity index (χ1n) is 13.2. The van der Waals surface area contributed by atoms with Crippen LogP contribution >= 0.6 is 11.6 Å². The Morgan fingerprint density at radius 3 is 2.44 bits per heavy atom. The van der Waals surface area contributed by atoms with Crippen molar-refractivity contribution in [2.24, 2.45) is 0 Å². The van der Waals surface area contributed by atoms with Crippen molar-refractivity contribution in [2.75, 3.05) is 6.79 Å². The summed E-state index contributed by atoms with van der Waals surface area (Å²) in [5.41, 5.74) is 2.73. The summed E-state index contributed by atoms with van der Waals surface area (Å²) in [4.78, 5) is 30.6. The molecular formula is C30H31ClN6O4. The highest BCUT2D eigenvalue weighted by atomic mass is 35.5. The molecule has 41 heavy (non-hydrogen) atoms. The zero-order valence-corrected chi connectivity index (χ0v) is 24.1. The molecule has 1 N–H and O–H groups in total. The summed E-state index contributed by atoms with van der Waals surface area (Å²) in [5, 5.41) is 16.2. The zero-order valence-electron chi connectivity index (χ0n) is 23.3. The molecule has 2 heterocycles. The summed E-state index contributed by atoms with van der Waals surface area (Å²) in [6, 6.07) is 19.1. The number of benzene rings is 3. The lowest BCUT2D eigenvalue weighted by Crippen LogP contribution is -2.49. The van der Waals surface area contributed by atoms with Crippen LogP contribution in [0.5, 0.6) is 11.5 Å². The number of rotatable bonds is 8. The number of aryl methyl sites for hydroxylation is 1. The first-order chi connectivity index (χ1) is 19.6. The van der Waals surface area contributed by atoms with Crippen LogP contribution in [-0.4, -0.2) is 49.3 Å². The summed E-state index contributed by atoms with van der Waals surface area (Å²) in [5.74, 6) is 0.903. The molecule has 0 radical (unpaired) electrons. The number of nitrogens with one attached hydrogen (secondary N) is 1. The lowest BCUT2D eigenvalue weighted by Gasteiger charge is -2.33. The van der Waals surface area contributed by atoms with E-state index in [4.69, 9.17) is 21.1 Å². The number of tetrazole rings is 1. The molecule has 0 bridgehead atoms. The molecule has 1 aliphatic heterocycles. The van der Waals surface area contributed by atoms with Crippen molar-refractivity contribution in [1.82, 2.24) is 30.4 Å². The molecule has 0 saturated carbocycles. The Morgan fingerprint density at radius 2 is 1.73 bits per heavy atom. The predicted molar refractivity (Wildman–Crippen MR) is 153 cm³/mol. The number of hydrogen-bond donors (Lipinski definition) is 1. The second-order valence-corrected chi connectivity index (χ2v) is 11.3. The first-order valence-corrected chi connectivity index (χ1v) is 13.5. The van der Waals surface area contributed by atoms with E-state index in [-0.39, 0.29) is 31.7 Å². The Hall–Kier alpha value is -4.44. The summed E-state index contributed by atoms with van der Waals surface area (Å²) >= 11 is 6.16. The molecule has 5 rings (SSSR count). The standard InChI is InChI=1S/C30H31ClN6O4/c1-19-5-8-22(9-6-19)28-33-35-37(34-28)17-26(38)36(16-20-7-14-24-25(15-20)41-18-40-24)27(29(39)32-30(2,3)4)21-10-12-23(31)13-11-21/h5-15,27H,16-18H2,1-4H3,(H,32,39). The molecule has 212 valence electrons. The van der Waals surface area contributed by atoms with Crippen LogP contribution in [0.15, 0.2) is 66.7 Å². The van der Waals surface area contributed by atoms with Gasteiger partial charge in [0.15, 0.2) is 11.5 Å². The SMILES string of the molecule is Cc1ccc(-c2nnn(CC(=O)N(Cc3ccc4c(c3)OCO4)C(C(=O)NC(C)(C)C)c3ccc(Cl)cc3)n2)cc1. The third-order valence-corrected chi connectivity index (χ3v) is 6.65. The van der Waals surface area contributed by atoms with Crippen LogP contribution in [-0.2, 0) is 22.7 Å². The van der Waals surface area contributed by atoms with Crippen LogP contribution in [0.25, 0.3) is 11.4 Å². The van der Waals surface area contributed by atoms with Crippen LogP contribution in [0.4, 0.5) is 0 Å². The van der Waals surface area contributed by atoms with E-state index in [1.54, 1.807) is 30.3 Å². The summed E-state index contributed by atoms with van der Waals surface area (Å²) in [6.07, 6.45) is 0. The van der Waals surface area contributed by atoms with Gasteiger partial charge in [-0.2, -0.15) is 4.80 Å². The Labute approximate surface area is 243 Å². The quantitative estimate of drug-likeness (QED) is 0.324. The zero-order chi connectivity index (χ0) is 29.1. The van der Waals surface area contributed by atoms with Gasteiger partial charge in [-0.3, -0.25) is 9.59 Å². The van der Waals surface area contributed by atoms with Gasteiger partial charge in [-0.15, -0.1) is 10.2 Å². The minimum atomic E-state index is -0.968. The average Bonchev–Trinajstić information content (AvgIpc) is 3.58. The van der Waals surface area contributed by atoms with E-state index in [9.17, 15) is 9.59 Å². The molecule has 1 aliphatic rings. The highest BCUT2D eigenvalue weighted by molar-refractivity contribution is 6.30. The van der Waals surface area contributed by atoms with Gasteiger partial charge in [-0.05, 0) is 68.3 Å². The van der Waals surface area contributed by atoms with E-state index in [1.807, 2.05) is 64.1 Å². The molecule has 1 aromatic heterocycles. The van der Waals surface area contributed by atoms with Crippen molar-refractivity contribution >= 4 is 23.4 Å². The number of carbonyl (C=O) groups excluding carboxylic acids is 2. The molecule has 11 heteroatoms. The maximum Gasteiger partial charge on any atom is 0.247 e. The molecule has 1 unspecified atom stereocenters. The molecule has 4 aromatic rings. The van der Waals surface area contributed by atoms with Crippen LogP contribution in [0, 0.1) is 6.92 Å². The number of carbonyl (C=O) groups is 2. The van der Waals surface area contributed by atoms with Crippen LogP contribution in [0.2, 0.25) is 5.02 Å². The van der Waals surface area contributed by atoms with E-state index >= 15 is 0 Å². The Balaban J connectivity index is 1.50. The smallest absolute Gasteiger partial charge is 0.247 e. The number of ether oxygens (including phenoxy) is 2. The fraction of sp³-hybridized carbons (Fsp3) is 0.300. The van der Waals surface area contributed by atoms with Crippen molar-refractivity contribution in [3.63, 3.8) is 0 Å². The van der Waals surface area contributed by atoms with Crippen molar-refractivity contribution in [3.8, 4) is 22.9 Å². The highest BCUT2D eigenvalue weighted by Gasteiger charge is 2.34. The number of amides is 2. The normalized spacial score (nSPS) is 13.1. The third-order valence-electron chi connectivity index (χ3n) is 6.39. The number of fused-ring (bicyclic) bond motifs is 1. The Kier molecular flexibility index (Phi) is 7.94. The maximum absolute atomic E-state index is 14.0. The molecular weight excluding hydrogens is 544 g/mol.